The molecule has 0 amide bonds. The number of hydrogen-bond acceptors (Lipinski definition) is 3. The molecule has 2 nitrogen and oxygen atoms in total. The normalized spacial score (nSPS) is 32.7. The summed E-state index contributed by atoms with van der Waals surface area (Å²) in [6.07, 6.45) is 5.56. The van der Waals surface area contributed by atoms with E-state index in [2.05, 4.69) is 24.3 Å². The van der Waals surface area contributed by atoms with Gasteiger partial charge in [0.2, 0.25) is 0 Å². The average molecular weight is 260 g/mol. The van der Waals surface area contributed by atoms with E-state index in [0.29, 0.717) is 17.1 Å². The molecule has 18 heavy (non-hydrogen) atoms. The molecule has 3 rings (SSSR count). The molecule has 94 valence electrons. The summed E-state index contributed by atoms with van der Waals surface area (Å²) in [4.78, 5) is 13.2. The van der Waals surface area contributed by atoms with Crippen molar-refractivity contribution in [3.05, 3.63) is 42.5 Å². The number of carbonyl (C=O) groups excluding carboxylic acids is 1. The topological polar surface area (TPSA) is 26.3 Å². The van der Waals surface area contributed by atoms with Gasteiger partial charge in [-0.3, -0.25) is 4.79 Å². The van der Waals surface area contributed by atoms with Crippen molar-refractivity contribution in [2.24, 2.45) is 17.8 Å². The first-order valence-electron chi connectivity index (χ1n) is 6.27. The second-order valence-electron chi connectivity index (χ2n) is 4.89. The van der Waals surface area contributed by atoms with Gasteiger partial charge in [0.05, 0.1) is 13.0 Å². The standard InChI is InChI=1S/C15H16O2S/c1-17-15(16)13-10-7-8-11(9-10)14(13)18-12-5-3-2-4-6-12/h2-8,10-11,13-14H,9H2,1H3/t10-,11-,13+,14-/m0/s1. The first-order chi connectivity index (χ1) is 8.79. The van der Waals surface area contributed by atoms with Gasteiger partial charge in [0, 0.05) is 10.1 Å². The molecular weight excluding hydrogens is 244 g/mol. The summed E-state index contributed by atoms with van der Waals surface area (Å²) in [5.74, 6) is 0.864. The molecule has 0 aliphatic heterocycles. The predicted octanol–water partition coefficient (Wildman–Crippen LogP) is 3.14. The van der Waals surface area contributed by atoms with E-state index in [0.717, 1.165) is 6.42 Å². The van der Waals surface area contributed by atoms with Crippen molar-refractivity contribution in [3.63, 3.8) is 0 Å². The third-order valence-corrected chi connectivity index (χ3v) is 5.34. The van der Waals surface area contributed by atoms with E-state index in [1.54, 1.807) is 0 Å². The molecule has 1 aromatic rings. The molecule has 0 spiro atoms. The highest BCUT2D eigenvalue weighted by molar-refractivity contribution is 8.00. The van der Waals surface area contributed by atoms with Crippen molar-refractivity contribution in [1.29, 1.82) is 0 Å². The van der Waals surface area contributed by atoms with Gasteiger partial charge in [-0.2, -0.15) is 0 Å². The number of fused-ring (bicyclic) bond motifs is 2. The zero-order chi connectivity index (χ0) is 12.5. The summed E-state index contributed by atoms with van der Waals surface area (Å²) >= 11 is 1.81. The molecule has 1 saturated carbocycles. The molecule has 2 aliphatic rings. The SMILES string of the molecule is COC(=O)[C@H]1[C@@H](Sc2ccccc2)[C@H]2C=C[C@H]1C2. The number of methoxy groups -OCH3 is 1. The van der Waals surface area contributed by atoms with Crippen LogP contribution in [-0.2, 0) is 9.53 Å². The fourth-order valence-electron chi connectivity index (χ4n) is 3.04. The Kier molecular flexibility index (Phi) is 3.16. The van der Waals surface area contributed by atoms with Crippen LogP contribution in [0.4, 0.5) is 0 Å². The van der Waals surface area contributed by atoms with Gasteiger partial charge in [-0.05, 0) is 30.4 Å². The van der Waals surface area contributed by atoms with Crippen molar-refractivity contribution in [1.82, 2.24) is 0 Å². The second kappa shape index (κ2) is 4.81. The Labute approximate surface area is 111 Å². The lowest BCUT2D eigenvalue weighted by Crippen LogP contribution is -2.30. The summed E-state index contributed by atoms with van der Waals surface area (Å²) in [5.41, 5.74) is 0. The van der Waals surface area contributed by atoms with E-state index in [1.165, 1.54) is 12.0 Å². The summed E-state index contributed by atoms with van der Waals surface area (Å²) in [6.45, 7) is 0. The van der Waals surface area contributed by atoms with E-state index in [4.69, 9.17) is 4.74 Å². The summed E-state index contributed by atoms with van der Waals surface area (Å²) in [5, 5.41) is 0.329. The summed E-state index contributed by atoms with van der Waals surface area (Å²) in [7, 11) is 1.49. The molecule has 0 heterocycles. The van der Waals surface area contributed by atoms with Crippen LogP contribution in [0, 0.1) is 17.8 Å². The third-order valence-electron chi connectivity index (χ3n) is 3.88. The third kappa shape index (κ3) is 1.97. The highest BCUT2D eigenvalue weighted by atomic mass is 32.2. The maximum atomic E-state index is 11.9. The molecule has 1 fully saturated rings. The maximum Gasteiger partial charge on any atom is 0.310 e. The maximum absolute atomic E-state index is 11.9. The number of carbonyl (C=O) groups is 1. The van der Waals surface area contributed by atoms with Crippen LogP contribution in [0.1, 0.15) is 6.42 Å². The zero-order valence-electron chi connectivity index (χ0n) is 10.3. The van der Waals surface area contributed by atoms with Crippen molar-refractivity contribution in [3.8, 4) is 0 Å². The number of benzene rings is 1. The molecule has 3 heteroatoms. The number of allylic oxidation sites excluding steroid dienone is 2. The Morgan fingerprint density at radius 1 is 1.22 bits per heavy atom. The zero-order valence-corrected chi connectivity index (χ0v) is 11.1. The minimum atomic E-state index is -0.0553. The van der Waals surface area contributed by atoms with Crippen molar-refractivity contribution < 1.29 is 9.53 Å². The lowest BCUT2D eigenvalue weighted by Gasteiger charge is -2.25. The molecular formula is C15H16O2S. The number of ether oxygens (including phenoxy) is 1. The Bertz CT molecular complexity index is 469. The van der Waals surface area contributed by atoms with Gasteiger partial charge in [0.1, 0.15) is 0 Å². The Morgan fingerprint density at radius 2 is 1.94 bits per heavy atom. The fraction of sp³-hybridized carbons (Fsp3) is 0.400. The molecule has 4 atom stereocenters. The van der Waals surface area contributed by atoms with Gasteiger partial charge < -0.3 is 4.74 Å². The largest absolute Gasteiger partial charge is 0.469 e. The van der Waals surface area contributed by atoms with Crippen LogP contribution in [0.25, 0.3) is 0 Å². The molecule has 0 aromatic heterocycles. The summed E-state index contributed by atoms with van der Waals surface area (Å²) in [6, 6.07) is 10.3. The van der Waals surface area contributed by atoms with Crippen molar-refractivity contribution >= 4 is 17.7 Å². The fourth-order valence-corrected chi connectivity index (χ4v) is 4.50. The molecule has 2 aliphatic carbocycles. The highest BCUT2D eigenvalue weighted by Gasteiger charge is 2.49. The number of hydrogen-bond donors (Lipinski definition) is 0. The van der Waals surface area contributed by atoms with E-state index >= 15 is 0 Å². The van der Waals surface area contributed by atoms with Crippen LogP contribution in [0.3, 0.4) is 0 Å². The molecule has 1 aromatic carbocycles. The molecule has 2 bridgehead atoms. The molecule has 0 N–H and O–H groups in total. The minimum absolute atomic E-state index is 0.0233. The number of rotatable bonds is 3. The van der Waals surface area contributed by atoms with Crippen LogP contribution >= 0.6 is 11.8 Å². The van der Waals surface area contributed by atoms with Crippen molar-refractivity contribution in [2.75, 3.05) is 7.11 Å². The molecule has 0 radical (unpaired) electrons. The van der Waals surface area contributed by atoms with E-state index in [1.807, 2.05) is 30.0 Å². The quantitative estimate of drug-likeness (QED) is 0.617. The Morgan fingerprint density at radius 3 is 2.67 bits per heavy atom. The van der Waals surface area contributed by atoms with Crippen LogP contribution in [0.15, 0.2) is 47.4 Å². The first kappa shape index (κ1) is 11.8. The monoisotopic (exact) mass is 260 g/mol. The lowest BCUT2D eigenvalue weighted by molar-refractivity contribution is -0.146. The van der Waals surface area contributed by atoms with Crippen LogP contribution in [0.5, 0.6) is 0 Å². The van der Waals surface area contributed by atoms with Gasteiger partial charge in [-0.15, -0.1) is 11.8 Å². The van der Waals surface area contributed by atoms with Crippen molar-refractivity contribution in [2.45, 2.75) is 16.6 Å². The van der Waals surface area contributed by atoms with Crippen LogP contribution in [-0.4, -0.2) is 18.3 Å². The van der Waals surface area contributed by atoms with Gasteiger partial charge in [0.15, 0.2) is 0 Å². The smallest absolute Gasteiger partial charge is 0.310 e. The van der Waals surface area contributed by atoms with Gasteiger partial charge >= 0.3 is 5.97 Å². The van der Waals surface area contributed by atoms with Gasteiger partial charge in [-0.1, -0.05) is 30.4 Å². The molecule has 0 saturated heterocycles. The van der Waals surface area contributed by atoms with Gasteiger partial charge in [-0.25, -0.2) is 0 Å². The molecule has 0 unspecified atom stereocenters. The summed E-state index contributed by atoms with van der Waals surface area (Å²) < 4.78 is 4.97. The van der Waals surface area contributed by atoms with E-state index in [9.17, 15) is 4.79 Å². The first-order valence-corrected chi connectivity index (χ1v) is 7.15. The van der Waals surface area contributed by atoms with E-state index in [-0.39, 0.29) is 11.9 Å². The number of thioether (sulfide) groups is 1. The number of esters is 1. The average Bonchev–Trinajstić information content (AvgIpc) is 3.00. The predicted molar refractivity (Wildman–Crippen MR) is 72.3 cm³/mol. The minimum Gasteiger partial charge on any atom is -0.469 e. The Balaban J connectivity index is 1.82. The Hall–Kier alpha value is -1.22. The van der Waals surface area contributed by atoms with Gasteiger partial charge in [0.25, 0.3) is 0 Å². The second-order valence-corrected chi connectivity index (χ2v) is 6.14. The lowest BCUT2D eigenvalue weighted by atomic mass is 9.93. The van der Waals surface area contributed by atoms with Crippen LogP contribution < -0.4 is 0 Å². The van der Waals surface area contributed by atoms with Crippen LogP contribution in [0.2, 0.25) is 0 Å². The highest BCUT2D eigenvalue weighted by Crippen LogP contribution is 2.51. The van der Waals surface area contributed by atoms with E-state index < -0.39 is 0 Å².